The molecule has 1 aliphatic rings. The molecule has 1 aliphatic heterocycles. The maximum absolute atomic E-state index is 14.2. The van der Waals surface area contributed by atoms with Crippen LogP contribution in [-0.4, -0.2) is 28.6 Å². The number of amides is 2. The molecule has 2 N–H and O–H groups in total. The summed E-state index contributed by atoms with van der Waals surface area (Å²) in [5.74, 6) is -1.27. The quantitative estimate of drug-likeness (QED) is 0.686. The molecule has 4 rings (SSSR count). The molecule has 1 aromatic heterocycles. The summed E-state index contributed by atoms with van der Waals surface area (Å²) in [7, 11) is 0. The summed E-state index contributed by atoms with van der Waals surface area (Å²) in [6, 6.07) is 11.8. The molecule has 132 valence electrons. The van der Waals surface area contributed by atoms with Gasteiger partial charge in [0, 0.05) is 23.1 Å². The SMILES string of the molecule is O=C(Nc1cccc(Br)c1)[C@@H]1CC(=O)N(c2n[nH]c3cccc(F)c23)C1. The van der Waals surface area contributed by atoms with Crippen molar-refractivity contribution in [2.24, 2.45) is 5.92 Å². The first-order valence-corrected chi connectivity index (χ1v) is 8.81. The lowest BCUT2D eigenvalue weighted by molar-refractivity contribution is -0.122. The van der Waals surface area contributed by atoms with Crippen LogP contribution < -0.4 is 10.2 Å². The number of nitrogens with zero attached hydrogens (tertiary/aromatic N) is 2. The van der Waals surface area contributed by atoms with Gasteiger partial charge in [0.25, 0.3) is 0 Å². The molecule has 0 radical (unpaired) electrons. The number of benzene rings is 2. The third-order valence-corrected chi connectivity index (χ3v) is 4.86. The lowest BCUT2D eigenvalue weighted by atomic mass is 10.1. The van der Waals surface area contributed by atoms with E-state index in [9.17, 15) is 14.0 Å². The maximum atomic E-state index is 14.2. The molecular weight excluding hydrogens is 403 g/mol. The monoisotopic (exact) mass is 416 g/mol. The van der Waals surface area contributed by atoms with Crippen LogP contribution >= 0.6 is 15.9 Å². The normalized spacial score (nSPS) is 17.1. The fourth-order valence-electron chi connectivity index (χ4n) is 3.11. The van der Waals surface area contributed by atoms with Crippen LogP contribution in [0, 0.1) is 11.7 Å². The Balaban J connectivity index is 1.56. The second kappa shape index (κ2) is 6.53. The number of nitrogens with one attached hydrogen (secondary N) is 2. The number of carbonyl (C=O) groups excluding carboxylic acids is 2. The molecule has 8 heteroatoms. The van der Waals surface area contributed by atoms with Crippen LogP contribution in [-0.2, 0) is 9.59 Å². The summed E-state index contributed by atoms with van der Waals surface area (Å²) >= 11 is 3.35. The Labute approximate surface area is 156 Å². The highest BCUT2D eigenvalue weighted by Crippen LogP contribution is 2.31. The Kier molecular flexibility index (Phi) is 4.20. The molecule has 0 saturated carbocycles. The molecule has 1 fully saturated rings. The predicted octanol–water partition coefficient (Wildman–Crippen LogP) is 3.46. The first-order valence-electron chi connectivity index (χ1n) is 8.02. The Bertz CT molecular complexity index is 1020. The van der Waals surface area contributed by atoms with Crippen molar-refractivity contribution in [3.05, 3.63) is 52.8 Å². The van der Waals surface area contributed by atoms with Gasteiger partial charge in [0.05, 0.1) is 16.8 Å². The van der Waals surface area contributed by atoms with Crippen LogP contribution in [0.4, 0.5) is 15.9 Å². The molecule has 26 heavy (non-hydrogen) atoms. The smallest absolute Gasteiger partial charge is 0.229 e. The molecule has 0 unspecified atom stereocenters. The Morgan fingerprint density at radius 2 is 2.12 bits per heavy atom. The molecule has 2 aromatic carbocycles. The van der Waals surface area contributed by atoms with Crippen molar-refractivity contribution in [3.8, 4) is 0 Å². The van der Waals surface area contributed by atoms with Gasteiger partial charge in [0.1, 0.15) is 5.82 Å². The van der Waals surface area contributed by atoms with Crippen LogP contribution in [0.3, 0.4) is 0 Å². The minimum absolute atomic E-state index is 0.0582. The number of H-pyrrole nitrogens is 1. The van der Waals surface area contributed by atoms with E-state index in [0.29, 0.717) is 11.2 Å². The summed E-state index contributed by atoms with van der Waals surface area (Å²) in [5.41, 5.74) is 1.15. The van der Waals surface area contributed by atoms with E-state index in [1.54, 1.807) is 24.3 Å². The lowest BCUT2D eigenvalue weighted by Crippen LogP contribution is -2.28. The van der Waals surface area contributed by atoms with Gasteiger partial charge in [-0.05, 0) is 30.3 Å². The van der Waals surface area contributed by atoms with Crippen LogP contribution in [0.5, 0.6) is 0 Å². The van der Waals surface area contributed by atoms with Crippen LogP contribution in [0.2, 0.25) is 0 Å². The summed E-state index contributed by atoms with van der Waals surface area (Å²) in [6.45, 7) is 0.160. The van der Waals surface area contributed by atoms with E-state index in [-0.39, 0.29) is 36.0 Å². The van der Waals surface area contributed by atoms with E-state index in [0.717, 1.165) is 4.47 Å². The van der Waals surface area contributed by atoms with Gasteiger partial charge >= 0.3 is 0 Å². The van der Waals surface area contributed by atoms with Crippen molar-refractivity contribution in [1.29, 1.82) is 0 Å². The maximum Gasteiger partial charge on any atom is 0.229 e. The zero-order chi connectivity index (χ0) is 18.3. The molecule has 0 bridgehead atoms. The highest BCUT2D eigenvalue weighted by atomic mass is 79.9. The number of aromatic amines is 1. The highest BCUT2D eigenvalue weighted by molar-refractivity contribution is 9.10. The molecule has 0 spiro atoms. The second-order valence-electron chi connectivity index (χ2n) is 6.11. The number of rotatable bonds is 3. The van der Waals surface area contributed by atoms with Crippen LogP contribution in [0.15, 0.2) is 46.9 Å². The molecule has 3 aromatic rings. The molecular formula is C18H14BrFN4O2. The minimum atomic E-state index is -0.528. The highest BCUT2D eigenvalue weighted by Gasteiger charge is 2.37. The first-order chi connectivity index (χ1) is 12.5. The topological polar surface area (TPSA) is 78.1 Å². The van der Waals surface area contributed by atoms with Crippen molar-refractivity contribution in [2.45, 2.75) is 6.42 Å². The van der Waals surface area contributed by atoms with Gasteiger partial charge in [-0.2, -0.15) is 5.10 Å². The molecule has 1 saturated heterocycles. The molecule has 6 nitrogen and oxygen atoms in total. The number of anilines is 2. The van der Waals surface area contributed by atoms with Crippen molar-refractivity contribution in [2.75, 3.05) is 16.8 Å². The predicted molar refractivity (Wildman–Crippen MR) is 99.3 cm³/mol. The largest absolute Gasteiger partial charge is 0.326 e. The van der Waals surface area contributed by atoms with Gasteiger partial charge in [-0.25, -0.2) is 4.39 Å². The third kappa shape index (κ3) is 2.96. The van der Waals surface area contributed by atoms with E-state index in [4.69, 9.17) is 0 Å². The van der Waals surface area contributed by atoms with Gasteiger partial charge in [0.15, 0.2) is 5.82 Å². The molecule has 2 amide bonds. The van der Waals surface area contributed by atoms with Gasteiger partial charge in [-0.1, -0.05) is 28.1 Å². The Morgan fingerprint density at radius 1 is 1.31 bits per heavy atom. The minimum Gasteiger partial charge on any atom is -0.326 e. The summed E-state index contributed by atoms with van der Waals surface area (Å²) in [4.78, 5) is 26.3. The summed E-state index contributed by atoms with van der Waals surface area (Å²) in [5, 5.41) is 9.87. The number of hydrogen-bond donors (Lipinski definition) is 2. The van der Waals surface area contributed by atoms with Crippen molar-refractivity contribution >= 4 is 50.2 Å². The van der Waals surface area contributed by atoms with E-state index in [1.165, 1.54) is 11.0 Å². The summed E-state index contributed by atoms with van der Waals surface area (Å²) in [6.07, 6.45) is 0.0582. The Hall–Kier alpha value is -2.74. The Morgan fingerprint density at radius 3 is 2.92 bits per heavy atom. The lowest BCUT2D eigenvalue weighted by Gasteiger charge is -2.14. The zero-order valence-electron chi connectivity index (χ0n) is 13.5. The number of fused-ring (bicyclic) bond motifs is 1. The van der Waals surface area contributed by atoms with Crippen molar-refractivity contribution in [1.82, 2.24) is 10.2 Å². The average molecular weight is 417 g/mol. The first kappa shape index (κ1) is 16.7. The second-order valence-corrected chi connectivity index (χ2v) is 7.03. The third-order valence-electron chi connectivity index (χ3n) is 4.36. The van der Waals surface area contributed by atoms with Gasteiger partial charge in [-0.3, -0.25) is 19.6 Å². The fraction of sp³-hybridized carbons (Fsp3) is 0.167. The number of hydrogen-bond acceptors (Lipinski definition) is 3. The van der Waals surface area contributed by atoms with Gasteiger partial charge in [0.2, 0.25) is 11.8 Å². The van der Waals surface area contributed by atoms with E-state index >= 15 is 0 Å². The van der Waals surface area contributed by atoms with Gasteiger partial charge < -0.3 is 5.32 Å². The van der Waals surface area contributed by atoms with E-state index in [2.05, 4.69) is 31.4 Å². The molecule has 0 aliphatic carbocycles. The zero-order valence-corrected chi connectivity index (χ0v) is 15.1. The molecule has 2 heterocycles. The van der Waals surface area contributed by atoms with E-state index in [1.807, 2.05) is 12.1 Å². The summed E-state index contributed by atoms with van der Waals surface area (Å²) < 4.78 is 15.0. The van der Waals surface area contributed by atoms with Gasteiger partial charge in [-0.15, -0.1) is 0 Å². The van der Waals surface area contributed by atoms with Crippen LogP contribution in [0.1, 0.15) is 6.42 Å². The van der Waals surface area contributed by atoms with Crippen molar-refractivity contribution < 1.29 is 14.0 Å². The standard InChI is InChI=1S/C18H14BrFN4O2/c19-11-3-1-4-12(8-11)21-18(26)10-7-15(25)24(9-10)17-16-13(20)5-2-6-14(16)22-23-17/h1-6,8,10H,7,9H2,(H,21,26)(H,22,23)/t10-/m1/s1. The molecule has 1 atom stereocenters. The van der Waals surface area contributed by atoms with Crippen LogP contribution in [0.25, 0.3) is 10.9 Å². The fourth-order valence-corrected chi connectivity index (χ4v) is 3.51. The van der Waals surface area contributed by atoms with Crippen molar-refractivity contribution in [3.63, 3.8) is 0 Å². The van der Waals surface area contributed by atoms with E-state index < -0.39 is 11.7 Å². The number of carbonyl (C=O) groups is 2. The number of halogens is 2. The number of aromatic nitrogens is 2. The average Bonchev–Trinajstić information content (AvgIpc) is 3.19.